The number of nitrogens with two attached hydrogens (primary N) is 1. The number of hydrogen-bond acceptors (Lipinski definition) is 2. The number of carbonyl (C=O) groups excluding carboxylic acids is 1. The molecule has 3 N–H and O–H groups in total. The Morgan fingerprint density at radius 2 is 2.05 bits per heavy atom. The van der Waals surface area contributed by atoms with Crippen LogP contribution in [0.4, 0.5) is 4.39 Å². The number of carbonyl (C=O) groups is 1. The average molecular weight is 302 g/mol. The van der Waals surface area contributed by atoms with Crippen molar-refractivity contribution in [3.05, 3.63) is 70.5 Å². The van der Waals surface area contributed by atoms with Crippen molar-refractivity contribution in [2.75, 3.05) is 0 Å². The number of nitrogens with one attached hydrogen (secondary N) is 1. The molecule has 2 aromatic carbocycles. The van der Waals surface area contributed by atoms with E-state index in [2.05, 4.69) is 5.32 Å². The fourth-order valence-electron chi connectivity index (χ4n) is 1.99. The summed E-state index contributed by atoms with van der Waals surface area (Å²) in [6.45, 7) is 2.05. The second kappa shape index (κ2) is 6.45. The lowest BCUT2D eigenvalue weighted by atomic mass is 10.1. The van der Waals surface area contributed by atoms with Crippen LogP contribution >= 0.6 is 12.2 Å². The third-order valence-corrected chi connectivity index (χ3v) is 3.33. The molecule has 0 radical (unpaired) electrons. The number of benzene rings is 2. The van der Waals surface area contributed by atoms with E-state index in [4.69, 9.17) is 18.0 Å². The summed E-state index contributed by atoms with van der Waals surface area (Å²) in [7, 11) is 0. The lowest BCUT2D eigenvalue weighted by Crippen LogP contribution is -2.24. The highest BCUT2D eigenvalue weighted by molar-refractivity contribution is 7.80. The second-order valence-corrected chi connectivity index (χ2v) is 5.15. The molecule has 0 aliphatic carbocycles. The zero-order chi connectivity index (χ0) is 15.4. The van der Waals surface area contributed by atoms with Crippen LogP contribution in [0.25, 0.3) is 0 Å². The van der Waals surface area contributed by atoms with Crippen molar-refractivity contribution in [3.8, 4) is 0 Å². The molecule has 0 aliphatic rings. The number of amides is 1. The zero-order valence-corrected chi connectivity index (χ0v) is 12.3. The van der Waals surface area contributed by atoms with Crippen LogP contribution in [0.5, 0.6) is 0 Å². The highest BCUT2D eigenvalue weighted by Crippen LogP contribution is 2.11. The van der Waals surface area contributed by atoms with E-state index >= 15 is 0 Å². The van der Waals surface area contributed by atoms with Crippen molar-refractivity contribution in [2.45, 2.75) is 13.5 Å². The first-order valence-electron chi connectivity index (χ1n) is 6.40. The van der Waals surface area contributed by atoms with Gasteiger partial charge in [0.05, 0.1) is 0 Å². The van der Waals surface area contributed by atoms with Crippen molar-refractivity contribution < 1.29 is 9.18 Å². The van der Waals surface area contributed by atoms with E-state index in [1.807, 2.05) is 24.3 Å². The summed E-state index contributed by atoms with van der Waals surface area (Å²) in [4.78, 5) is 12.4. The lowest BCUT2D eigenvalue weighted by Gasteiger charge is -2.09. The Bertz CT molecular complexity index is 700. The topological polar surface area (TPSA) is 55.1 Å². The van der Waals surface area contributed by atoms with Gasteiger partial charge in [-0.05, 0) is 42.3 Å². The standard InChI is InChI=1S/C16H15FN2OS/c1-10-7-13(17)5-6-14(10)16(20)19-9-11-3-2-4-12(8-11)15(18)21/h2-8H,9H2,1H3,(H2,18,21)(H,19,20). The molecule has 21 heavy (non-hydrogen) atoms. The van der Waals surface area contributed by atoms with Gasteiger partial charge in [0.1, 0.15) is 10.8 Å². The summed E-state index contributed by atoms with van der Waals surface area (Å²) in [5.41, 5.74) is 8.29. The monoisotopic (exact) mass is 302 g/mol. The molecule has 0 heterocycles. The second-order valence-electron chi connectivity index (χ2n) is 4.71. The minimum absolute atomic E-state index is 0.242. The largest absolute Gasteiger partial charge is 0.389 e. The molecule has 0 fully saturated rings. The van der Waals surface area contributed by atoms with E-state index in [-0.39, 0.29) is 11.7 Å². The van der Waals surface area contributed by atoms with Crippen LogP contribution in [0, 0.1) is 12.7 Å². The Labute approximate surface area is 128 Å². The molecule has 0 aromatic heterocycles. The Balaban J connectivity index is 2.07. The lowest BCUT2D eigenvalue weighted by molar-refractivity contribution is 0.0950. The Kier molecular flexibility index (Phi) is 4.65. The number of hydrogen-bond donors (Lipinski definition) is 2. The molecule has 2 rings (SSSR count). The van der Waals surface area contributed by atoms with Crippen LogP contribution in [0.2, 0.25) is 0 Å². The molecular formula is C16H15FN2OS. The van der Waals surface area contributed by atoms with E-state index in [0.29, 0.717) is 22.7 Å². The maximum Gasteiger partial charge on any atom is 0.251 e. The Morgan fingerprint density at radius 1 is 1.29 bits per heavy atom. The summed E-state index contributed by atoms with van der Waals surface area (Å²) >= 11 is 4.92. The molecule has 0 unspecified atom stereocenters. The van der Waals surface area contributed by atoms with Gasteiger partial charge in [0.25, 0.3) is 5.91 Å². The van der Waals surface area contributed by atoms with Crippen LogP contribution in [0.3, 0.4) is 0 Å². The molecule has 0 spiro atoms. The van der Waals surface area contributed by atoms with Crippen LogP contribution in [0.15, 0.2) is 42.5 Å². The van der Waals surface area contributed by atoms with Gasteiger partial charge in [0.15, 0.2) is 0 Å². The van der Waals surface area contributed by atoms with Gasteiger partial charge in [-0.15, -0.1) is 0 Å². The molecule has 0 bridgehead atoms. The van der Waals surface area contributed by atoms with Gasteiger partial charge in [-0.25, -0.2) is 4.39 Å². The Morgan fingerprint density at radius 3 is 2.71 bits per heavy atom. The number of aryl methyl sites for hydroxylation is 1. The fourth-order valence-corrected chi connectivity index (χ4v) is 2.12. The van der Waals surface area contributed by atoms with Crippen LogP contribution < -0.4 is 11.1 Å². The summed E-state index contributed by atoms with van der Waals surface area (Å²) in [5.74, 6) is -0.596. The molecular weight excluding hydrogens is 287 g/mol. The van der Waals surface area contributed by atoms with Gasteiger partial charge in [0.2, 0.25) is 0 Å². The van der Waals surface area contributed by atoms with Crippen molar-refractivity contribution in [2.24, 2.45) is 5.73 Å². The number of rotatable bonds is 4. The van der Waals surface area contributed by atoms with E-state index in [0.717, 1.165) is 11.1 Å². The third kappa shape index (κ3) is 3.86. The van der Waals surface area contributed by atoms with Gasteiger partial charge in [0, 0.05) is 17.7 Å². The van der Waals surface area contributed by atoms with E-state index < -0.39 is 0 Å². The van der Waals surface area contributed by atoms with Gasteiger partial charge < -0.3 is 11.1 Å². The number of thiocarbonyl (C=S) groups is 1. The molecule has 0 saturated heterocycles. The summed E-state index contributed by atoms with van der Waals surface area (Å²) in [6, 6.07) is 11.4. The van der Waals surface area contributed by atoms with E-state index in [9.17, 15) is 9.18 Å². The zero-order valence-electron chi connectivity index (χ0n) is 11.5. The smallest absolute Gasteiger partial charge is 0.251 e. The maximum absolute atomic E-state index is 13.0. The molecule has 5 heteroatoms. The summed E-state index contributed by atoms with van der Waals surface area (Å²) in [6.07, 6.45) is 0. The van der Waals surface area contributed by atoms with Crippen molar-refractivity contribution >= 4 is 23.1 Å². The summed E-state index contributed by atoms with van der Waals surface area (Å²) < 4.78 is 13.0. The van der Waals surface area contributed by atoms with Gasteiger partial charge >= 0.3 is 0 Å². The van der Waals surface area contributed by atoms with Crippen LogP contribution in [0.1, 0.15) is 27.0 Å². The van der Waals surface area contributed by atoms with Crippen LogP contribution in [-0.4, -0.2) is 10.9 Å². The molecule has 0 saturated carbocycles. The van der Waals surface area contributed by atoms with Gasteiger partial charge in [-0.2, -0.15) is 0 Å². The van der Waals surface area contributed by atoms with Crippen molar-refractivity contribution in [1.82, 2.24) is 5.32 Å². The highest BCUT2D eigenvalue weighted by Gasteiger charge is 2.09. The minimum Gasteiger partial charge on any atom is -0.389 e. The van der Waals surface area contributed by atoms with E-state index in [1.165, 1.54) is 18.2 Å². The molecule has 1 amide bonds. The van der Waals surface area contributed by atoms with Crippen molar-refractivity contribution in [1.29, 1.82) is 0 Å². The molecule has 3 nitrogen and oxygen atoms in total. The maximum atomic E-state index is 13.0. The predicted molar refractivity (Wildman–Crippen MR) is 84.6 cm³/mol. The van der Waals surface area contributed by atoms with Gasteiger partial charge in [-0.1, -0.05) is 30.4 Å². The minimum atomic E-state index is -0.354. The molecule has 0 aliphatic heterocycles. The molecule has 2 aromatic rings. The van der Waals surface area contributed by atoms with Crippen molar-refractivity contribution in [3.63, 3.8) is 0 Å². The first-order valence-corrected chi connectivity index (χ1v) is 6.81. The van der Waals surface area contributed by atoms with Crippen LogP contribution in [-0.2, 0) is 6.54 Å². The quantitative estimate of drug-likeness (QED) is 0.854. The fraction of sp³-hybridized carbons (Fsp3) is 0.125. The molecule has 108 valence electrons. The summed E-state index contributed by atoms with van der Waals surface area (Å²) in [5, 5.41) is 2.80. The Hall–Kier alpha value is -2.27. The molecule has 0 atom stereocenters. The predicted octanol–water partition coefficient (Wildman–Crippen LogP) is 2.70. The normalized spacial score (nSPS) is 10.2. The number of halogens is 1. The van der Waals surface area contributed by atoms with Gasteiger partial charge in [-0.3, -0.25) is 4.79 Å². The first-order chi connectivity index (χ1) is 9.97. The highest BCUT2D eigenvalue weighted by atomic mass is 32.1. The van der Waals surface area contributed by atoms with E-state index in [1.54, 1.807) is 6.92 Å². The SMILES string of the molecule is Cc1cc(F)ccc1C(=O)NCc1cccc(C(N)=S)c1. The third-order valence-electron chi connectivity index (χ3n) is 3.10. The first kappa shape index (κ1) is 15.1. The average Bonchev–Trinajstić information content (AvgIpc) is 2.45.